The van der Waals surface area contributed by atoms with Crippen LogP contribution < -0.4 is 9.80 Å². The van der Waals surface area contributed by atoms with Gasteiger partial charge in [-0.1, -0.05) is 236 Å². The number of rotatable bonds is 9. The van der Waals surface area contributed by atoms with E-state index in [1.807, 2.05) is 0 Å². The molecular formula is C75H62N2. The number of para-hydroxylation sites is 2. The minimum atomic E-state index is -0.539. The van der Waals surface area contributed by atoms with E-state index in [9.17, 15) is 0 Å². The van der Waals surface area contributed by atoms with Crippen LogP contribution in [0.15, 0.2) is 267 Å². The fourth-order valence-electron chi connectivity index (χ4n) is 12.3. The molecular weight excluding hydrogens is 929 g/mol. The van der Waals surface area contributed by atoms with Crippen molar-refractivity contribution >= 4 is 34.1 Å². The zero-order valence-electron chi connectivity index (χ0n) is 44.8. The van der Waals surface area contributed by atoms with Crippen LogP contribution in [0.2, 0.25) is 0 Å². The Labute approximate surface area is 455 Å². The topological polar surface area (TPSA) is 6.48 Å². The lowest BCUT2D eigenvalue weighted by atomic mass is 9.68. The molecule has 11 aromatic carbocycles. The lowest BCUT2D eigenvalue weighted by Gasteiger charge is -2.33. The summed E-state index contributed by atoms with van der Waals surface area (Å²) in [5.74, 6) is 0. The van der Waals surface area contributed by atoms with Gasteiger partial charge >= 0.3 is 0 Å². The SMILES string of the molecule is CC(C)(C)c1ccc2c(c1)C1(c3ccccc3-c3ccccc31)c1cc(C(C)(C)C)cc(-c3cc(N(c4ccccc4)c4ccc(-c5ccccc5)cc4)cc(N(c4ccccc4)c4ccc(-c5ccccc5)cc4)c3)c1-2. The van der Waals surface area contributed by atoms with Gasteiger partial charge in [-0.2, -0.15) is 0 Å². The molecule has 0 bridgehead atoms. The summed E-state index contributed by atoms with van der Waals surface area (Å²) in [4.78, 5) is 4.87. The number of anilines is 6. The van der Waals surface area contributed by atoms with E-state index in [0.29, 0.717) is 0 Å². The fraction of sp³-hybridized carbons (Fsp3) is 0.120. The summed E-state index contributed by atoms with van der Waals surface area (Å²) in [5, 5.41) is 0. The highest BCUT2D eigenvalue weighted by Gasteiger charge is 2.53. The summed E-state index contributed by atoms with van der Waals surface area (Å²) in [7, 11) is 0. The van der Waals surface area contributed by atoms with E-state index in [2.05, 4.69) is 318 Å². The van der Waals surface area contributed by atoms with Crippen molar-refractivity contribution in [3.8, 4) is 55.6 Å². The number of fused-ring (bicyclic) bond motifs is 10. The van der Waals surface area contributed by atoms with Gasteiger partial charge in [0.25, 0.3) is 0 Å². The first-order valence-electron chi connectivity index (χ1n) is 27.2. The first-order chi connectivity index (χ1) is 37.4. The Morgan fingerprint density at radius 1 is 0.247 bits per heavy atom. The summed E-state index contributed by atoms with van der Waals surface area (Å²) in [5.41, 5.74) is 26.0. The summed E-state index contributed by atoms with van der Waals surface area (Å²) in [6.07, 6.45) is 0. The average molecular weight is 991 g/mol. The van der Waals surface area contributed by atoms with Gasteiger partial charge in [0.1, 0.15) is 0 Å². The van der Waals surface area contributed by atoms with E-state index in [4.69, 9.17) is 0 Å². The fourth-order valence-corrected chi connectivity index (χ4v) is 12.3. The van der Waals surface area contributed by atoms with Crippen LogP contribution in [0.5, 0.6) is 0 Å². The largest absolute Gasteiger partial charge is 0.310 e. The van der Waals surface area contributed by atoms with Gasteiger partial charge in [-0.3, -0.25) is 0 Å². The third kappa shape index (κ3) is 8.19. The monoisotopic (exact) mass is 990 g/mol. The predicted molar refractivity (Wildman–Crippen MR) is 326 cm³/mol. The van der Waals surface area contributed by atoms with Crippen LogP contribution in [-0.4, -0.2) is 0 Å². The molecule has 77 heavy (non-hydrogen) atoms. The standard InChI is InChI=1S/C75H62N2/c1-73(2,3)56-39-44-66-70(48-56)75(68-33-21-19-31-64(68)65-32-20-22-34-69(65)75)71-49-57(74(4,5)6)47-67(72(66)71)55-45-62(76(58-27-15-9-16-28-58)60-40-35-53(36-41-60)51-23-11-7-12-24-51)50-63(46-55)77(59-29-17-10-18-30-59)61-42-37-54(38-43-61)52-25-13-8-14-26-52/h7-50H,1-6H3. The molecule has 0 atom stereocenters. The van der Waals surface area contributed by atoms with Gasteiger partial charge in [0.05, 0.1) is 5.41 Å². The molecule has 2 heteroatoms. The maximum atomic E-state index is 2.58. The molecule has 2 nitrogen and oxygen atoms in total. The van der Waals surface area contributed by atoms with Crippen molar-refractivity contribution in [2.45, 2.75) is 57.8 Å². The second-order valence-electron chi connectivity index (χ2n) is 23.0. The van der Waals surface area contributed by atoms with Crippen molar-refractivity contribution in [2.75, 3.05) is 9.80 Å². The zero-order valence-corrected chi connectivity index (χ0v) is 44.8. The maximum Gasteiger partial charge on any atom is 0.0725 e. The Bertz CT molecular complexity index is 3770. The molecule has 0 radical (unpaired) electrons. The van der Waals surface area contributed by atoms with E-state index >= 15 is 0 Å². The summed E-state index contributed by atoms with van der Waals surface area (Å²) < 4.78 is 0. The molecule has 0 amide bonds. The third-order valence-electron chi connectivity index (χ3n) is 16.1. The van der Waals surface area contributed by atoms with Crippen LogP contribution in [0, 0.1) is 0 Å². The second kappa shape index (κ2) is 18.7. The van der Waals surface area contributed by atoms with Crippen LogP contribution >= 0.6 is 0 Å². The first kappa shape index (κ1) is 47.7. The van der Waals surface area contributed by atoms with Crippen molar-refractivity contribution in [3.63, 3.8) is 0 Å². The molecule has 0 N–H and O–H groups in total. The van der Waals surface area contributed by atoms with Crippen LogP contribution in [0.3, 0.4) is 0 Å². The van der Waals surface area contributed by atoms with Gasteiger partial charge in [-0.05, 0) is 173 Å². The molecule has 2 aliphatic rings. The predicted octanol–water partition coefficient (Wildman–Crippen LogP) is 20.6. The van der Waals surface area contributed by atoms with Crippen LogP contribution in [0.1, 0.15) is 74.9 Å². The summed E-state index contributed by atoms with van der Waals surface area (Å²) in [6.45, 7) is 14.1. The number of nitrogens with zero attached hydrogens (tertiary/aromatic N) is 2. The van der Waals surface area contributed by atoms with Gasteiger partial charge < -0.3 is 9.80 Å². The second-order valence-corrected chi connectivity index (χ2v) is 23.0. The van der Waals surface area contributed by atoms with Gasteiger partial charge in [0.15, 0.2) is 0 Å². The normalized spacial score (nSPS) is 12.9. The van der Waals surface area contributed by atoms with E-state index < -0.39 is 5.41 Å². The highest BCUT2D eigenvalue weighted by atomic mass is 15.2. The van der Waals surface area contributed by atoms with Gasteiger partial charge in [0.2, 0.25) is 0 Å². The molecule has 0 aromatic heterocycles. The van der Waals surface area contributed by atoms with E-state index in [0.717, 1.165) is 39.7 Å². The number of benzene rings is 11. The number of hydrogen-bond donors (Lipinski definition) is 0. The zero-order chi connectivity index (χ0) is 52.5. The lowest BCUT2D eigenvalue weighted by Crippen LogP contribution is -2.27. The van der Waals surface area contributed by atoms with Crippen molar-refractivity contribution < 1.29 is 0 Å². The first-order valence-corrected chi connectivity index (χ1v) is 27.2. The Hall–Kier alpha value is -8.98. The molecule has 11 aromatic rings. The molecule has 13 rings (SSSR count). The van der Waals surface area contributed by atoms with Crippen molar-refractivity contribution in [1.29, 1.82) is 0 Å². The maximum absolute atomic E-state index is 2.58. The Kier molecular flexibility index (Phi) is 11.6. The molecule has 0 aliphatic heterocycles. The van der Waals surface area contributed by atoms with Crippen molar-refractivity contribution in [2.24, 2.45) is 0 Å². The molecule has 372 valence electrons. The highest BCUT2D eigenvalue weighted by Crippen LogP contribution is 2.65. The molecule has 0 heterocycles. The van der Waals surface area contributed by atoms with Gasteiger partial charge in [-0.15, -0.1) is 0 Å². The Balaban J connectivity index is 1.13. The minimum Gasteiger partial charge on any atom is -0.310 e. The summed E-state index contributed by atoms with van der Waals surface area (Å²) >= 11 is 0. The smallest absolute Gasteiger partial charge is 0.0725 e. The third-order valence-corrected chi connectivity index (χ3v) is 16.1. The molecule has 2 aliphatic carbocycles. The van der Waals surface area contributed by atoms with Gasteiger partial charge in [0, 0.05) is 34.1 Å². The Morgan fingerprint density at radius 2 is 0.636 bits per heavy atom. The van der Waals surface area contributed by atoms with Crippen LogP contribution in [0.25, 0.3) is 55.6 Å². The summed E-state index contributed by atoms with van der Waals surface area (Å²) in [6, 6.07) is 99.4. The van der Waals surface area contributed by atoms with E-state index in [1.54, 1.807) is 0 Å². The van der Waals surface area contributed by atoms with Crippen molar-refractivity contribution in [1.82, 2.24) is 0 Å². The van der Waals surface area contributed by atoms with Crippen molar-refractivity contribution in [3.05, 3.63) is 300 Å². The highest BCUT2D eigenvalue weighted by molar-refractivity contribution is 6.02. The molecule has 0 unspecified atom stereocenters. The number of hydrogen-bond acceptors (Lipinski definition) is 2. The van der Waals surface area contributed by atoms with E-state index in [-0.39, 0.29) is 10.8 Å². The molecule has 0 fully saturated rings. The quantitative estimate of drug-likeness (QED) is 0.142. The lowest BCUT2D eigenvalue weighted by molar-refractivity contribution is 0.586. The minimum absolute atomic E-state index is 0.0638. The van der Waals surface area contributed by atoms with Crippen LogP contribution in [0.4, 0.5) is 34.1 Å². The molecule has 0 saturated heterocycles. The van der Waals surface area contributed by atoms with Gasteiger partial charge in [-0.25, -0.2) is 0 Å². The Morgan fingerprint density at radius 3 is 1.09 bits per heavy atom. The molecule has 1 spiro atoms. The molecule has 0 saturated carbocycles. The van der Waals surface area contributed by atoms with E-state index in [1.165, 1.54) is 83.5 Å². The van der Waals surface area contributed by atoms with Crippen LogP contribution in [-0.2, 0) is 16.2 Å². The average Bonchev–Trinajstić information content (AvgIpc) is 3.89.